The summed E-state index contributed by atoms with van der Waals surface area (Å²) in [6.45, 7) is 3.30. The van der Waals surface area contributed by atoms with Crippen LogP contribution in [-0.2, 0) is 0 Å². The Kier molecular flexibility index (Phi) is 3.68. The first-order valence-electron chi connectivity index (χ1n) is 3.76. The van der Waals surface area contributed by atoms with E-state index >= 15 is 0 Å². The second-order valence-corrected chi connectivity index (χ2v) is 2.82. The first kappa shape index (κ1) is 7.95. The van der Waals surface area contributed by atoms with Crippen molar-refractivity contribution in [2.24, 2.45) is 0 Å². The van der Waals surface area contributed by atoms with Crippen molar-refractivity contribution in [1.29, 1.82) is 0 Å². The molecule has 0 aromatic rings. The molecule has 1 N–H and O–H groups in total. The van der Waals surface area contributed by atoms with E-state index in [0.29, 0.717) is 0 Å². The Morgan fingerprint density at radius 2 is 2.00 bits per heavy atom. The molecule has 1 fully saturated rings. The van der Waals surface area contributed by atoms with E-state index in [4.69, 9.17) is 0 Å². The van der Waals surface area contributed by atoms with Gasteiger partial charge in [0, 0.05) is 0 Å². The molecule has 2 nitrogen and oxygen atoms in total. The maximum Gasteiger partial charge on any atom is 0.135 e. The van der Waals surface area contributed by atoms with E-state index in [9.17, 15) is 0 Å². The molecule has 1 aliphatic heterocycles. The summed E-state index contributed by atoms with van der Waals surface area (Å²) in [6, 6.07) is 0. The van der Waals surface area contributed by atoms with Gasteiger partial charge in [-0.25, -0.2) is 0 Å². The van der Waals surface area contributed by atoms with Gasteiger partial charge in [-0.1, -0.05) is 18.6 Å². The van der Waals surface area contributed by atoms with Gasteiger partial charge in [-0.05, 0) is 25.9 Å². The van der Waals surface area contributed by atoms with Crippen LogP contribution in [0.3, 0.4) is 0 Å². The summed E-state index contributed by atoms with van der Waals surface area (Å²) in [6.07, 6.45) is 4.05. The number of rotatable bonds is 3. The Morgan fingerprint density at radius 1 is 1.30 bits per heavy atom. The van der Waals surface area contributed by atoms with Gasteiger partial charge in [-0.15, -0.1) is 0 Å². The van der Waals surface area contributed by atoms with Gasteiger partial charge in [0.25, 0.3) is 0 Å². The van der Waals surface area contributed by atoms with Gasteiger partial charge in [-0.2, -0.15) is 0 Å². The molecular weight excluding hydrogens is 144 g/mol. The molecule has 0 amide bonds. The molecule has 0 atom stereocenters. The molecule has 0 saturated carbocycles. The fraction of sp³-hybridized carbons (Fsp3) is 0.857. The molecule has 0 unspecified atom stereocenters. The molecule has 1 radical (unpaired) electrons. The largest absolute Gasteiger partial charge is 0.361 e. The van der Waals surface area contributed by atoms with Crippen molar-refractivity contribution in [3.05, 3.63) is 0 Å². The number of thiocarbonyl (C=S) groups is 1. The first-order valence-corrected chi connectivity index (χ1v) is 4.16. The summed E-state index contributed by atoms with van der Waals surface area (Å²) in [7, 11) is 0. The van der Waals surface area contributed by atoms with E-state index in [2.05, 4.69) is 27.9 Å². The van der Waals surface area contributed by atoms with Crippen LogP contribution in [0.2, 0.25) is 0 Å². The van der Waals surface area contributed by atoms with E-state index in [0.717, 1.165) is 6.67 Å². The van der Waals surface area contributed by atoms with Crippen molar-refractivity contribution >= 4 is 17.7 Å². The maximum atomic E-state index is 4.53. The normalized spacial score (nSPS) is 20.4. The lowest BCUT2D eigenvalue weighted by Crippen LogP contribution is -2.36. The Bertz CT molecular complexity index is 99.8. The van der Waals surface area contributed by atoms with Crippen LogP contribution in [0.4, 0.5) is 0 Å². The summed E-state index contributed by atoms with van der Waals surface area (Å²) < 4.78 is 0. The summed E-state index contributed by atoms with van der Waals surface area (Å²) in [4.78, 5) is 2.36. The van der Waals surface area contributed by atoms with Crippen LogP contribution >= 0.6 is 12.2 Å². The first-order chi connectivity index (χ1) is 4.93. The SMILES string of the molecule is S=[C]NCN1CCCCC1. The molecule has 1 aliphatic rings. The molecule has 57 valence electrons. The second kappa shape index (κ2) is 4.63. The molecule has 10 heavy (non-hydrogen) atoms. The van der Waals surface area contributed by atoms with E-state index in [-0.39, 0.29) is 0 Å². The smallest absolute Gasteiger partial charge is 0.135 e. The fourth-order valence-electron chi connectivity index (χ4n) is 1.26. The monoisotopic (exact) mass is 157 g/mol. The van der Waals surface area contributed by atoms with Gasteiger partial charge >= 0.3 is 0 Å². The zero-order valence-electron chi connectivity index (χ0n) is 6.10. The molecule has 0 aromatic carbocycles. The van der Waals surface area contributed by atoms with E-state index in [1.165, 1.54) is 32.4 Å². The molecule has 1 rings (SSSR count). The van der Waals surface area contributed by atoms with Crippen molar-refractivity contribution in [1.82, 2.24) is 10.2 Å². The van der Waals surface area contributed by atoms with Crippen LogP contribution < -0.4 is 5.32 Å². The highest BCUT2D eigenvalue weighted by molar-refractivity contribution is 7.78. The number of nitrogens with zero attached hydrogens (tertiary/aromatic N) is 1. The quantitative estimate of drug-likeness (QED) is 0.483. The van der Waals surface area contributed by atoms with E-state index in [1.807, 2.05) is 0 Å². The van der Waals surface area contributed by atoms with Crippen molar-refractivity contribution < 1.29 is 0 Å². The van der Waals surface area contributed by atoms with Crippen LogP contribution in [0.1, 0.15) is 19.3 Å². The van der Waals surface area contributed by atoms with Gasteiger partial charge in [0.15, 0.2) is 0 Å². The van der Waals surface area contributed by atoms with Crippen molar-refractivity contribution in [3.63, 3.8) is 0 Å². The van der Waals surface area contributed by atoms with Gasteiger partial charge in [0.2, 0.25) is 0 Å². The number of hydrogen-bond donors (Lipinski definition) is 1. The van der Waals surface area contributed by atoms with E-state index < -0.39 is 0 Å². The minimum absolute atomic E-state index is 0.878. The van der Waals surface area contributed by atoms with Crippen molar-refractivity contribution in [2.75, 3.05) is 19.8 Å². The molecule has 0 bridgehead atoms. The average molecular weight is 157 g/mol. The lowest BCUT2D eigenvalue weighted by Gasteiger charge is -2.25. The van der Waals surface area contributed by atoms with Gasteiger partial charge in [-0.3, -0.25) is 4.90 Å². The third kappa shape index (κ3) is 2.62. The molecular formula is C7H13N2S. The summed E-state index contributed by atoms with van der Waals surface area (Å²) in [5, 5.41) is 2.91. The lowest BCUT2D eigenvalue weighted by molar-refractivity contribution is 0.226. The minimum atomic E-state index is 0.878. The topological polar surface area (TPSA) is 15.3 Å². The summed E-state index contributed by atoms with van der Waals surface area (Å²) >= 11 is 4.53. The number of likely N-dealkylation sites (tertiary alicyclic amines) is 1. The van der Waals surface area contributed by atoms with Crippen LogP contribution in [-0.4, -0.2) is 30.1 Å². The molecule has 1 heterocycles. The van der Waals surface area contributed by atoms with Crippen LogP contribution in [0.5, 0.6) is 0 Å². The highest BCUT2D eigenvalue weighted by Gasteiger charge is 2.07. The third-order valence-electron chi connectivity index (χ3n) is 1.82. The summed E-state index contributed by atoms with van der Waals surface area (Å²) in [5.74, 6) is 0. The van der Waals surface area contributed by atoms with Crippen LogP contribution in [0.15, 0.2) is 0 Å². The Hall–Kier alpha value is -0.150. The van der Waals surface area contributed by atoms with Gasteiger partial charge in [0.05, 0.1) is 6.67 Å². The second-order valence-electron chi connectivity index (χ2n) is 2.62. The molecule has 0 spiro atoms. The van der Waals surface area contributed by atoms with Crippen LogP contribution in [0.25, 0.3) is 0 Å². The minimum Gasteiger partial charge on any atom is -0.361 e. The Balaban J connectivity index is 2.07. The lowest BCUT2D eigenvalue weighted by atomic mass is 10.1. The van der Waals surface area contributed by atoms with Crippen molar-refractivity contribution in [2.45, 2.75) is 19.3 Å². The maximum absolute atomic E-state index is 4.53. The van der Waals surface area contributed by atoms with E-state index in [1.54, 1.807) is 0 Å². The Morgan fingerprint density at radius 3 is 2.60 bits per heavy atom. The average Bonchev–Trinajstić information content (AvgIpc) is 2.03. The fourth-order valence-corrected chi connectivity index (χ4v) is 1.33. The predicted octanol–water partition coefficient (Wildman–Crippen LogP) is 0.854. The third-order valence-corrected chi connectivity index (χ3v) is 1.97. The zero-order chi connectivity index (χ0) is 7.23. The predicted molar refractivity (Wildman–Crippen MR) is 46.0 cm³/mol. The van der Waals surface area contributed by atoms with Gasteiger partial charge in [0.1, 0.15) is 5.49 Å². The summed E-state index contributed by atoms with van der Waals surface area (Å²) in [5.41, 5.74) is 2.51. The zero-order valence-corrected chi connectivity index (χ0v) is 6.91. The van der Waals surface area contributed by atoms with Gasteiger partial charge < -0.3 is 5.32 Å². The van der Waals surface area contributed by atoms with Crippen LogP contribution in [0, 0.1) is 0 Å². The molecule has 1 saturated heterocycles. The molecule has 3 heteroatoms. The highest BCUT2D eigenvalue weighted by Crippen LogP contribution is 2.06. The standard InChI is InChI=1S/C7H13N2S/c10-7-8-6-9-4-2-1-3-5-9/h1-6H2,(H,8,10). The Labute approximate surface area is 67.6 Å². The number of nitrogens with one attached hydrogen (secondary N) is 1. The number of hydrogen-bond acceptors (Lipinski definition) is 2. The molecule has 0 aliphatic carbocycles. The highest BCUT2D eigenvalue weighted by atomic mass is 32.1. The van der Waals surface area contributed by atoms with Crippen molar-refractivity contribution in [3.8, 4) is 0 Å². The number of piperidine rings is 1. The molecule has 0 aromatic heterocycles.